The van der Waals surface area contributed by atoms with E-state index in [1.807, 2.05) is 0 Å². The maximum absolute atomic E-state index is 9.46. The number of rotatable bonds is 5. The molecule has 0 unspecified atom stereocenters. The molecule has 0 saturated carbocycles. The second-order valence-corrected chi connectivity index (χ2v) is 5.25. The van der Waals surface area contributed by atoms with Crippen molar-refractivity contribution in [2.24, 2.45) is 0 Å². The number of fused-ring (bicyclic) bond motifs is 1. The molecule has 24 heavy (non-hydrogen) atoms. The monoisotopic (exact) mass is 327 g/mol. The lowest BCUT2D eigenvalue weighted by molar-refractivity contribution is 0.403. The molecule has 124 valence electrons. The van der Waals surface area contributed by atoms with Crippen LogP contribution < -0.4 is 16.8 Å². The predicted octanol–water partition coefficient (Wildman–Crippen LogP) is 0.328. The number of anilines is 2. The molecule has 0 aliphatic carbocycles. The predicted molar refractivity (Wildman–Crippen MR) is 89.1 cm³/mol. The van der Waals surface area contributed by atoms with E-state index in [4.69, 9.17) is 11.5 Å². The molecule has 2 aromatic heterocycles. The fourth-order valence-electron chi connectivity index (χ4n) is 2.24. The first-order valence-electron chi connectivity index (χ1n) is 7.29. The molecule has 0 spiro atoms. The summed E-state index contributed by atoms with van der Waals surface area (Å²) >= 11 is 0. The highest BCUT2D eigenvalue weighted by Crippen LogP contribution is 2.24. The quantitative estimate of drug-likeness (QED) is 0.329. The van der Waals surface area contributed by atoms with Crippen LogP contribution in [0.1, 0.15) is 11.3 Å². The van der Waals surface area contributed by atoms with Gasteiger partial charge in [-0.05, 0) is 30.7 Å². The Morgan fingerprint density at radius 2 is 1.88 bits per heavy atom. The number of nitrogen functional groups attached to an aromatic ring is 2. The van der Waals surface area contributed by atoms with Gasteiger partial charge < -0.3 is 27.0 Å². The first-order valence-corrected chi connectivity index (χ1v) is 7.29. The molecule has 9 heteroatoms. The molecular formula is C15H17N7O2. The Bertz CT molecular complexity index is 885. The summed E-state index contributed by atoms with van der Waals surface area (Å²) in [6.45, 7) is 1.16. The number of nitrogens with one attached hydrogen (secondary N) is 1. The van der Waals surface area contributed by atoms with E-state index < -0.39 is 0 Å². The molecule has 0 aliphatic rings. The van der Waals surface area contributed by atoms with Crippen LogP contribution in [0.2, 0.25) is 0 Å². The lowest BCUT2D eigenvalue weighted by Crippen LogP contribution is -2.18. The van der Waals surface area contributed by atoms with Crippen molar-refractivity contribution < 1.29 is 10.2 Å². The van der Waals surface area contributed by atoms with Gasteiger partial charge in [0.15, 0.2) is 28.5 Å². The molecule has 0 aliphatic heterocycles. The molecule has 9 nitrogen and oxygen atoms in total. The van der Waals surface area contributed by atoms with Gasteiger partial charge in [0.2, 0.25) is 5.95 Å². The zero-order valence-corrected chi connectivity index (χ0v) is 12.8. The van der Waals surface area contributed by atoms with Crippen LogP contribution in [-0.4, -0.2) is 36.7 Å². The number of phenols is 2. The maximum atomic E-state index is 9.46. The van der Waals surface area contributed by atoms with Gasteiger partial charge in [-0.25, -0.2) is 9.97 Å². The first-order chi connectivity index (χ1) is 11.5. The van der Waals surface area contributed by atoms with Gasteiger partial charge in [0.05, 0.1) is 11.9 Å². The molecule has 0 bridgehead atoms. The smallest absolute Gasteiger partial charge is 0.224 e. The number of nitrogens with two attached hydrogens (primary N) is 2. The van der Waals surface area contributed by atoms with Gasteiger partial charge in [-0.1, -0.05) is 6.07 Å². The van der Waals surface area contributed by atoms with E-state index in [2.05, 4.69) is 25.3 Å². The summed E-state index contributed by atoms with van der Waals surface area (Å²) in [6.07, 6.45) is 2.30. The molecule has 3 rings (SSSR count). The second-order valence-electron chi connectivity index (χ2n) is 5.25. The van der Waals surface area contributed by atoms with Crippen molar-refractivity contribution in [3.63, 3.8) is 0 Å². The summed E-state index contributed by atoms with van der Waals surface area (Å²) in [5.74, 6) is 0.0185. The minimum absolute atomic E-state index is 0.0670. The molecule has 7 N–H and O–H groups in total. The zero-order valence-electron chi connectivity index (χ0n) is 12.8. The average molecular weight is 327 g/mol. The van der Waals surface area contributed by atoms with Gasteiger partial charge in [-0.2, -0.15) is 9.97 Å². The highest BCUT2D eigenvalue weighted by Gasteiger charge is 2.07. The summed E-state index contributed by atoms with van der Waals surface area (Å²) in [4.78, 5) is 16.4. The van der Waals surface area contributed by atoms with Gasteiger partial charge in [0.1, 0.15) is 0 Å². The standard InChI is InChI=1S/C15H17N7O2/c16-13-12-14(22-15(17)21-13)19-7-9(20-12)6-18-4-3-8-1-2-10(23)11(24)5-8/h1-2,5,7,18,23-24H,3-4,6H2,(H4,16,17,19,21,22). The van der Waals surface area contributed by atoms with Crippen molar-refractivity contribution in [3.05, 3.63) is 35.7 Å². The Labute approximate surface area is 137 Å². The molecule has 0 atom stereocenters. The van der Waals surface area contributed by atoms with Crippen LogP contribution in [0.15, 0.2) is 24.4 Å². The van der Waals surface area contributed by atoms with Crippen LogP contribution in [-0.2, 0) is 13.0 Å². The van der Waals surface area contributed by atoms with E-state index in [-0.39, 0.29) is 23.3 Å². The van der Waals surface area contributed by atoms with Gasteiger partial charge >= 0.3 is 0 Å². The van der Waals surface area contributed by atoms with Crippen molar-refractivity contribution in [1.82, 2.24) is 25.3 Å². The summed E-state index contributed by atoms with van der Waals surface area (Å²) in [5.41, 5.74) is 13.7. The van der Waals surface area contributed by atoms with Gasteiger partial charge in [-0.15, -0.1) is 0 Å². The molecule has 0 saturated heterocycles. The Hall–Kier alpha value is -3.20. The molecule has 2 heterocycles. The van der Waals surface area contributed by atoms with E-state index in [0.29, 0.717) is 36.4 Å². The van der Waals surface area contributed by atoms with Crippen molar-refractivity contribution in [1.29, 1.82) is 0 Å². The van der Waals surface area contributed by atoms with Crippen LogP contribution in [0.5, 0.6) is 11.5 Å². The number of hydrogen-bond acceptors (Lipinski definition) is 9. The molecule has 0 fully saturated rings. The number of benzene rings is 1. The third-order valence-corrected chi connectivity index (χ3v) is 3.44. The number of phenolic OH excluding ortho intramolecular Hbond substituents is 2. The maximum Gasteiger partial charge on any atom is 0.224 e. The fraction of sp³-hybridized carbons (Fsp3) is 0.200. The van der Waals surface area contributed by atoms with Crippen LogP contribution in [0, 0.1) is 0 Å². The fourth-order valence-corrected chi connectivity index (χ4v) is 2.24. The van der Waals surface area contributed by atoms with E-state index in [9.17, 15) is 10.2 Å². The highest BCUT2D eigenvalue weighted by atomic mass is 16.3. The summed E-state index contributed by atoms with van der Waals surface area (Å²) < 4.78 is 0. The number of aromatic nitrogens is 4. The Morgan fingerprint density at radius 3 is 2.67 bits per heavy atom. The van der Waals surface area contributed by atoms with Crippen molar-refractivity contribution >= 4 is 22.9 Å². The van der Waals surface area contributed by atoms with Crippen LogP contribution in [0.25, 0.3) is 11.2 Å². The first kappa shape index (κ1) is 15.7. The molecule has 0 radical (unpaired) electrons. The molecule has 1 aromatic carbocycles. The van der Waals surface area contributed by atoms with Crippen LogP contribution >= 0.6 is 0 Å². The van der Waals surface area contributed by atoms with Crippen molar-refractivity contribution in [3.8, 4) is 11.5 Å². The zero-order chi connectivity index (χ0) is 17.1. The van der Waals surface area contributed by atoms with E-state index in [1.54, 1.807) is 12.3 Å². The van der Waals surface area contributed by atoms with Gasteiger partial charge in [0.25, 0.3) is 0 Å². The highest BCUT2D eigenvalue weighted by molar-refractivity contribution is 5.81. The Kier molecular flexibility index (Phi) is 4.25. The summed E-state index contributed by atoms with van der Waals surface area (Å²) in [7, 11) is 0. The number of aromatic hydroxyl groups is 2. The third-order valence-electron chi connectivity index (χ3n) is 3.44. The lowest BCUT2D eigenvalue weighted by Gasteiger charge is -2.07. The Morgan fingerprint density at radius 1 is 1.04 bits per heavy atom. The van der Waals surface area contributed by atoms with Crippen molar-refractivity contribution in [2.45, 2.75) is 13.0 Å². The third kappa shape index (κ3) is 3.41. The van der Waals surface area contributed by atoms with E-state index >= 15 is 0 Å². The van der Waals surface area contributed by atoms with Crippen LogP contribution in [0.4, 0.5) is 11.8 Å². The van der Waals surface area contributed by atoms with Gasteiger partial charge in [-0.3, -0.25) is 0 Å². The SMILES string of the molecule is Nc1nc(N)c2nc(CNCCc3ccc(O)c(O)c3)cnc2n1. The minimum atomic E-state index is -0.126. The molecular weight excluding hydrogens is 310 g/mol. The average Bonchev–Trinajstić information content (AvgIpc) is 2.55. The van der Waals surface area contributed by atoms with Gasteiger partial charge in [0, 0.05) is 6.54 Å². The largest absolute Gasteiger partial charge is 0.504 e. The van der Waals surface area contributed by atoms with Crippen LogP contribution in [0.3, 0.4) is 0 Å². The normalized spacial score (nSPS) is 11.0. The molecule has 0 amide bonds. The number of hydrogen-bond donors (Lipinski definition) is 5. The minimum Gasteiger partial charge on any atom is -0.504 e. The summed E-state index contributed by atoms with van der Waals surface area (Å²) in [5, 5.41) is 22.0. The van der Waals surface area contributed by atoms with E-state index in [1.165, 1.54) is 12.1 Å². The topological polar surface area (TPSA) is 156 Å². The second kappa shape index (κ2) is 6.50. The summed E-state index contributed by atoms with van der Waals surface area (Å²) in [6, 6.07) is 4.76. The van der Waals surface area contributed by atoms with E-state index in [0.717, 1.165) is 5.56 Å². The number of nitrogens with zero attached hydrogens (tertiary/aromatic N) is 4. The van der Waals surface area contributed by atoms with Crippen molar-refractivity contribution in [2.75, 3.05) is 18.0 Å². The Balaban J connectivity index is 1.60. The molecule has 3 aromatic rings. The lowest BCUT2D eigenvalue weighted by atomic mass is 10.1.